The van der Waals surface area contributed by atoms with Gasteiger partial charge in [0.05, 0.1) is 18.8 Å². The van der Waals surface area contributed by atoms with Crippen LogP contribution in [0.4, 0.5) is 0 Å². The number of carbonyl (C=O) groups is 1. The molecule has 0 aliphatic rings. The summed E-state index contributed by atoms with van der Waals surface area (Å²) in [5.41, 5.74) is 0. The van der Waals surface area contributed by atoms with Crippen LogP contribution in [-0.4, -0.2) is 34.9 Å². The Balaban J connectivity index is 3.62. The van der Waals surface area contributed by atoms with Gasteiger partial charge in [-0.3, -0.25) is 4.79 Å². The molecule has 1 amide bonds. The zero-order valence-electron chi connectivity index (χ0n) is 51.1. The van der Waals surface area contributed by atoms with Gasteiger partial charge in [-0.05, 0) is 103 Å². The first-order valence-corrected chi connectivity index (χ1v) is 33.0. The first-order chi connectivity index (χ1) is 38.7. The van der Waals surface area contributed by atoms with E-state index in [0.29, 0.717) is 6.42 Å². The van der Waals surface area contributed by atoms with Crippen LogP contribution in [-0.2, 0) is 4.79 Å². The van der Waals surface area contributed by atoms with Gasteiger partial charge in [-0.2, -0.15) is 0 Å². The van der Waals surface area contributed by atoms with Crippen molar-refractivity contribution in [2.45, 2.75) is 309 Å². The second-order valence-corrected chi connectivity index (χ2v) is 21.8. The van der Waals surface area contributed by atoms with Gasteiger partial charge >= 0.3 is 0 Å². The van der Waals surface area contributed by atoms with E-state index in [4.69, 9.17) is 0 Å². The molecule has 0 aliphatic heterocycles. The quantitative estimate of drug-likeness (QED) is 0.0420. The minimum absolute atomic E-state index is 0.0781. The molecule has 4 heteroatoms. The van der Waals surface area contributed by atoms with Crippen LogP contribution in [0.15, 0.2) is 146 Å². The zero-order chi connectivity index (χ0) is 56.2. The van der Waals surface area contributed by atoms with E-state index in [0.717, 1.165) is 109 Å². The van der Waals surface area contributed by atoms with Gasteiger partial charge in [0.15, 0.2) is 0 Å². The van der Waals surface area contributed by atoms with Crippen LogP contribution in [0, 0.1) is 0 Å². The molecule has 0 fully saturated rings. The molecule has 0 saturated carbocycles. The Kier molecular flexibility index (Phi) is 64.3. The number of allylic oxidation sites excluding steroid dienone is 23. The lowest BCUT2D eigenvalue weighted by atomic mass is 10.0. The lowest BCUT2D eigenvalue weighted by Crippen LogP contribution is -2.45. The van der Waals surface area contributed by atoms with Crippen LogP contribution in [0.3, 0.4) is 0 Å². The summed E-state index contributed by atoms with van der Waals surface area (Å²) in [6.07, 6.45) is 106. The molecule has 0 aliphatic carbocycles. The molecule has 0 aromatic carbocycles. The number of aliphatic hydroxyl groups excluding tert-OH is 2. The Morgan fingerprint density at radius 1 is 0.321 bits per heavy atom. The molecule has 444 valence electrons. The highest BCUT2D eigenvalue weighted by molar-refractivity contribution is 5.76. The molecule has 0 aromatic rings. The van der Waals surface area contributed by atoms with E-state index in [1.54, 1.807) is 6.08 Å². The van der Waals surface area contributed by atoms with Crippen molar-refractivity contribution in [3.05, 3.63) is 146 Å². The summed E-state index contributed by atoms with van der Waals surface area (Å²) in [7, 11) is 0. The number of aliphatic hydroxyl groups is 2. The van der Waals surface area contributed by atoms with Gasteiger partial charge in [0.25, 0.3) is 0 Å². The monoisotopic (exact) mass is 1080 g/mol. The zero-order valence-corrected chi connectivity index (χ0v) is 51.1. The first kappa shape index (κ1) is 74.3. The Morgan fingerprint density at radius 2 is 0.564 bits per heavy atom. The fourth-order valence-electron chi connectivity index (χ4n) is 9.36. The number of amides is 1. The van der Waals surface area contributed by atoms with Gasteiger partial charge < -0.3 is 15.5 Å². The summed E-state index contributed by atoms with van der Waals surface area (Å²) in [6, 6.07) is -0.640. The van der Waals surface area contributed by atoms with Crippen LogP contribution in [0.2, 0.25) is 0 Å². The van der Waals surface area contributed by atoms with Crippen LogP contribution in [0.1, 0.15) is 296 Å². The van der Waals surface area contributed by atoms with E-state index in [1.807, 2.05) is 6.08 Å². The van der Waals surface area contributed by atoms with Gasteiger partial charge in [-0.15, -0.1) is 0 Å². The van der Waals surface area contributed by atoms with Gasteiger partial charge in [-0.1, -0.05) is 333 Å². The van der Waals surface area contributed by atoms with Crippen molar-refractivity contribution in [2.24, 2.45) is 0 Å². The molecule has 3 N–H and O–H groups in total. The minimum Gasteiger partial charge on any atom is -0.394 e. The minimum atomic E-state index is -0.855. The summed E-state index contributed by atoms with van der Waals surface area (Å²) >= 11 is 0. The largest absolute Gasteiger partial charge is 0.394 e. The van der Waals surface area contributed by atoms with Crippen molar-refractivity contribution in [3.8, 4) is 0 Å². The van der Waals surface area contributed by atoms with Crippen LogP contribution < -0.4 is 5.32 Å². The SMILES string of the molecule is CC/C=C\C/C=C\C/C=C\C/C=C\C/C=C\C/C=C\C/C=C\C/C=C\C/C=C\C/C=C\C/C=C\CCCCCCCCCC(=O)NC(CO)C(O)/C=C/CCCCCCCCCCCCCCCCCCCCCCCCC. The molecule has 4 nitrogen and oxygen atoms in total. The fourth-order valence-corrected chi connectivity index (χ4v) is 9.36. The molecule has 0 spiro atoms. The molecule has 0 rings (SSSR count). The number of carbonyl (C=O) groups excluding carboxylic acids is 1. The van der Waals surface area contributed by atoms with E-state index >= 15 is 0 Å². The smallest absolute Gasteiger partial charge is 0.220 e. The third-order valence-corrected chi connectivity index (χ3v) is 14.3. The van der Waals surface area contributed by atoms with E-state index < -0.39 is 12.1 Å². The van der Waals surface area contributed by atoms with Gasteiger partial charge in [0, 0.05) is 6.42 Å². The van der Waals surface area contributed by atoms with Crippen molar-refractivity contribution < 1.29 is 15.0 Å². The highest BCUT2D eigenvalue weighted by atomic mass is 16.3. The Morgan fingerprint density at radius 3 is 0.846 bits per heavy atom. The summed E-state index contributed by atoms with van der Waals surface area (Å²) in [5.74, 6) is -0.0781. The fraction of sp³-hybridized carbons (Fsp3) is 0.662. The summed E-state index contributed by atoms with van der Waals surface area (Å²) < 4.78 is 0. The maximum Gasteiger partial charge on any atom is 0.220 e. The molecule has 0 heterocycles. The number of hydrogen-bond acceptors (Lipinski definition) is 3. The molecule has 0 aromatic heterocycles. The normalized spacial score (nSPS) is 13.7. The number of unbranched alkanes of at least 4 members (excludes halogenated alkanes) is 30. The molecule has 78 heavy (non-hydrogen) atoms. The number of hydrogen-bond donors (Lipinski definition) is 3. The van der Waals surface area contributed by atoms with E-state index in [2.05, 4.69) is 153 Å². The number of rotatable bonds is 59. The highest BCUT2D eigenvalue weighted by Crippen LogP contribution is 2.17. The maximum absolute atomic E-state index is 12.5. The average molecular weight is 1080 g/mol. The summed E-state index contributed by atoms with van der Waals surface area (Å²) in [6.45, 7) is 4.20. The van der Waals surface area contributed by atoms with E-state index in [9.17, 15) is 15.0 Å². The molecular weight excluding hydrogens is 951 g/mol. The standard InChI is InChI=1S/C74H125NO3/c1-3-5-7-9-11-13-15-17-19-21-23-25-27-29-30-31-32-33-34-35-36-37-38-39-40-41-42-43-44-46-48-50-52-54-56-58-60-62-64-66-68-70-74(78)75-72(71-76)73(77)69-67-65-63-61-59-57-55-53-51-49-47-45-28-26-24-22-20-18-16-14-12-10-8-6-4-2/h5,7,11,13,17,19,23,25,29-30,32-33,35-36,38-39,41-42,44,46,50,52,67,69,72-73,76-77H,3-4,6,8-10,12,14-16,18,20-22,24,26-28,31,34,37,40,43,45,47-49,51,53-66,68,70-71H2,1-2H3,(H,75,78)/b7-5-,13-11-,19-17-,25-23-,30-29-,33-32-,36-35-,39-38-,42-41-,46-44-,52-50-,69-67+. The Labute approximate surface area is 484 Å². The van der Waals surface area contributed by atoms with Gasteiger partial charge in [-0.25, -0.2) is 0 Å². The van der Waals surface area contributed by atoms with Crippen molar-refractivity contribution in [3.63, 3.8) is 0 Å². The Hall–Kier alpha value is -3.73. The predicted molar refractivity (Wildman–Crippen MR) is 349 cm³/mol. The van der Waals surface area contributed by atoms with Crippen molar-refractivity contribution >= 4 is 5.91 Å². The van der Waals surface area contributed by atoms with Crippen molar-refractivity contribution in [2.75, 3.05) is 6.61 Å². The second kappa shape index (κ2) is 67.5. The van der Waals surface area contributed by atoms with E-state index in [1.165, 1.54) is 167 Å². The first-order valence-electron chi connectivity index (χ1n) is 33.0. The predicted octanol–water partition coefficient (Wildman–Crippen LogP) is 22.7. The Bertz CT molecular complexity index is 1600. The lowest BCUT2D eigenvalue weighted by molar-refractivity contribution is -0.123. The molecule has 2 unspecified atom stereocenters. The second-order valence-electron chi connectivity index (χ2n) is 21.8. The van der Waals surface area contributed by atoms with Crippen molar-refractivity contribution in [1.29, 1.82) is 0 Å². The van der Waals surface area contributed by atoms with Gasteiger partial charge in [0.1, 0.15) is 0 Å². The molecule has 0 saturated heterocycles. The molecular formula is C74H125NO3. The van der Waals surface area contributed by atoms with E-state index in [-0.39, 0.29) is 12.5 Å². The maximum atomic E-state index is 12.5. The lowest BCUT2D eigenvalue weighted by Gasteiger charge is -2.20. The van der Waals surface area contributed by atoms with Crippen LogP contribution in [0.25, 0.3) is 0 Å². The van der Waals surface area contributed by atoms with Gasteiger partial charge in [0.2, 0.25) is 5.91 Å². The average Bonchev–Trinajstić information content (AvgIpc) is 3.44. The topological polar surface area (TPSA) is 69.6 Å². The third kappa shape index (κ3) is 63.1. The van der Waals surface area contributed by atoms with Crippen LogP contribution in [0.5, 0.6) is 0 Å². The molecule has 2 atom stereocenters. The third-order valence-electron chi connectivity index (χ3n) is 14.3. The van der Waals surface area contributed by atoms with Crippen molar-refractivity contribution in [1.82, 2.24) is 5.32 Å². The highest BCUT2D eigenvalue weighted by Gasteiger charge is 2.18. The molecule has 0 bridgehead atoms. The summed E-state index contributed by atoms with van der Waals surface area (Å²) in [5, 5.41) is 23.3. The van der Waals surface area contributed by atoms with Crippen LogP contribution >= 0.6 is 0 Å². The molecule has 0 radical (unpaired) electrons. The summed E-state index contributed by atoms with van der Waals surface area (Å²) in [4.78, 5) is 12.5. The number of nitrogens with one attached hydrogen (secondary N) is 1.